The van der Waals surface area contributed by atoms with Crippen LogP contribution in [0.15, 0.2) is 36.8 Å². The van der Waals surface area contributed by atoms with Crippen molar-refractivity contribution in [3.8, 4) is 0 Å². The standard InChI is InChI=1S/C15H15N3O/c1-10-7-11-4-5-13(14(11)17-8-10)18-15(19)12-3-2-6-16-9-12/h2-3,6-9,13H,4-5H2,1H3,(H,18,19)/i9T. The van der Waals surface area contributed by atoms with Gasteiger partial charge in [0.2, 0.25) is 0 Å². The maximum Gasteiger partial charge on any atom is 0.253 e. The second kappa shape index (κ2) is 4.80. The van der Waals surface area contributed by atoms with Crippen LogP contribution in [0.4, 0.5) is 0 Å². The Morgan fingerprint density at radius 3 is 3.32 bits per heavy atom. The predicted octanol–water partition coefficient (Wildman–Crippen LogP) is 2.20. The lowest BCUT2D eigenvalue weighted by Gasteiger charge is -2.13. The summed E-state index contributed by atoms with van der Waals surface area (Å²) < 4.78 is 7.66. The van der Waals surface area contributed by atoms with Gasteiger partial charge in [0.15, 0.2) is 0 Å². The van der Waals surface area contributed by atoms with E-state index in [0.717, 1.165) is 24.1 Å². The minimum absolute atomic E-state index is 0.0000794. The normalized spacial score (nSPS) is 17.7. The first-order valence-corrected chi connectivity index (χ1v) is 6.33. The highest BCUT2D eigenvalue weighted by Gasteiger charge is 2.25. The highest BCUT2D eigenvalue weighted by molar-refractivity contribution is 5.94. The van der Waals surface area contributed by atoms with Gasteiger partial charge < -0.3 is 5.32 Å². The number of carbonyl (C=O) groups excluding carboxylic acids is 1. The summed E-state index contributed by atoms with van der Waals surface area (Å²) in [7, 11) is 0. The number of carbonyl (C=O) groups is 1. The van der Waals surface area contributed by atoms with Crippen LogP contribution < -0.4 is 5.32 Å². The van der Waals surface area contributed by atoms with E-state index in [1.807, 2.05) is 13.1 Å². The lowest BCUT2D eigenvalue weighted by molar-refractivity contribution is 0.0935. The van der Waals surface area contributed by atoms with Crippen LogP contribution in [0.2, 0.25) is 0 Å². The first kappa shape index (κ1) is 10.7. The fraction of sp³-hybridized carbons (Fsp3) is 0.267. The lowest BCUT2D eigenvalue weighted by atomic mass is 10.1. The fourth-order valence-corrected chi connectivity index (χ4v) is 2.42. The van der Waals surface area contributed by atoms with E-state index in [1.165, 1.54) is 11.8 Å². The Morgan fingerprint density at radius 1 is 1.58 bits per heavy atom. The van der Waals surface area contributed by atoms with Crippen molar-refractivity contribution in [1.82, 2.24) is 15.3 Å². The molecule has 0 saturated carbocycles. The van der Waals surface area contributed by atoms with Crippen molar-refractivity contribution in [1.29, 1.82) is 0 Å². The maximum atomic E-state index is 12.2. The molecule has 1 aliphatic rings. The van der Waals surface area contributed by atoms with E-state index < -0.39 is 0 Å². The van der Waals surface area contributed by atoms with Gasteiger partial charge in [-0.2, -0.15) is 0 Å². The van der Waals surface area contributed by atoms with Gasteiger partial charge in [-0.05, 0) is 43.0 Å². The van der Waals surface area contributed by atoms with Gasteiger partial charge in [0.05, 0.1) is 18.7 Å². The monoisotopic (exact) mass is 255 g/mol. The van der Waals surface area contributed by atoms with Crippen molar-refractivity contribution < 1.29 is 6.17 Å². The molecule has 1 amide bonds. The van der Waals surface area contributed by atoms with E-state index in [2.05, 4.69) is 21.4 Å². The topological polar surface area (TPSA) is 54.9 Å². The molecule has 0 bridgehead atoms. The Labute approximate surface area is 113 Å². The van der Waals surface area contributed by atoms with Crippen molar-refractivity contribution in [2.24, 2.45) is 0 Å². The minimum atomic E-state index is -0.261. The molecular weight excluding hydrogens is 238 g/mol. The van der Waals surface area contributed by atoms with Crippen molar-refractivity contribution in [3.63, 3.8) is 0 Å². The summed E-state index contributed by atoms with van der Waals surface area (Å²) in [6, 6.07) is 5.33. The number of rotatable bonds is 2. The zero-order valence-electron chi connectivity index (χ0n) is 11.7. The Morgan fingerprint density at radius 2 is 2.47 bits per heavy atom. The lowest BCUT2D eigenvalue weighted by Crippen LogP contribution is -2.27. The third kappa shape index (κ3) is 2.34. The van der Waals surface area contributed by atoms with Gasteiger partial charge in [-0.3, -0.25) is 14.8 Å². The van der Waals surface area contributed by atoms with Crippen LogP contribution in [-0.4, -0.2) is 15.9 Å². The molecule has 1 aliphatic carbocycles. The predicted molar refractivity (Wildman–Crippen MR) is 71.7 cm³/mol. The molecule has 3 rings (SSSR count). The highest BCUT2D eigenvalue weighted by atomic mass is 16.1. The molecular formula is C15H15N3O. The van der Waals surface area contributed by atoms with Crippen LogP contribution >= 0.6 is 0 Å². The summed E-state index contributed by atoms with van der Waals surface area (Å²) in [5.41, 5.74) is 3.58. The second-order valence-electron chi connectivity index (χ2n) is 4.78. The third-order valence-corrected chi connectivity index (χ3v) is 3.33. The fourth-order valence-electron chi connectivity index (χ4n) is 2.42. The Balaban J connectivity index is 1.81. The summed E-state index contributed by atoms with van der Waals surface area (Å²) in [5.74, 6) is -0.261. The van der Waals surface area contributed by atoms with E-state index in [9.17, 15) is 4.79 Å². The zero-order valence-corrected chi connectivity index (χ0v) is 10.7. The van der Waals surface area contributed by atoms with Gasteiger partial charge >= 0.3 is 0 Å². The van der Waals surface area contributed by atoms with E-state index in [1.54, 1.807) is 12.1 Å². The summed E-state index contributed by atoms with van der Waals surface area (Å²) in [6.45, 7) is 2.02. The average molecular weight is 255 g/mol. The van der Waals surface area contributed by atoms with Gasteiger partial charge in [-0.1, -0.05) is 6.07 Å². The molecule has 0 radical (unpaired) electrons. The third-order valence-electron chi connectivity index (χ3n) is 3.33. The Hall–Kier alpha value is -2.23. The van der Waals surface area contributed by atoms with Crippen LogP contribution in [0.3, 0.4) is 0 Å². The molecule has 2 heterocycles. The first-order valence-electron chi connectivity index (χ1n) is 6.83. The van der Waals surface area contributed by atoms with Crippen molar-refractivity contribution in [3.05, 3.63) is 59.1 Å². The zero-order chi connectivity index (χ0) is 14.1. The van der Waals surface area contributed by atoms with Crippen molar-refractivity contribution >= 4 is 5.91 Å². The number of pyridine rings is 2. The number of aromatic nitrogens is 2. The maximum absolute atomic E-state index is 12.2. The molecule has 0 aromatic carbocycles. The van der Waals surface area contributed by atoms with Gasteiger partial charge in [-0.15, -0.1) is 0 Å². The highest BCUT2D eigenvalue weighted by Crippen LogP contribution is 2.29. The summed E-state index contributed by atoms with van der Waals surface area (Å²) >= 11 is 0. The summed E-state index contributed by atoms with van der Waals surface area (Å²) in [5, 5.41) is 2.95. The number of fused-ring (bicyclic) bond motifs is 1. The molecule has 0 fully saturated rings. The number of nitrogens with one attached hydrogen (secondary N) is 1. The largest absolute Gasteiger partial charge is 0.344 e. The number of amides is 1. The van der Waals surface area contributed by atoms with E-state index in [0.29, 0.717) is 5.56 Å². The van der Waals surface area contributed by atoms with E-state index in [-0.39, 0.29) is 18.1 Å². The Kier molecular flexibility index (Phi) is 2.70. The molecule has 19 heavy (non-hydrogen) atoms. The van der Waals surface area contributed by atoms with Crippen LogP contribution in [0.5, 0.6) is 0 Å². The van der Waals surface area contributed by atoms with Crippen molar-refractivity contribution in [2.75, 3.05) is 0 Å². The van der Waals surface area contributed by atoms with Crippen molar-refractivity contribution in [2.45, 2.75) is 25.8 Å². The molecule has 0 aliphatic heterocycles. The van der Waals surface area contributed by atoms with E-state index in [4.69, 9.17) is 1.37 Å². The minimum Gasteiger partial charge on any atom is -0.344 e. The Bertz CT molecular complexity index is 672. The second-order valence-corrected chi connectivity index (χ2v) is 4.78. The molecule has 4 heteroatoms. The molecule has 96 valence electrons. The van der Waals surface area contributed by atoms with Crippen LogP contribution in [0.25, 0.3) is 0 Å². The SMILES string of the molecule is [3H]c1ncccc1C(=O)NC1CCc2cc(C)cnc21. The first-order chi connectivity index (χ1) is 9.65. The van der Waals surface area contributed by atoms with Crippen LogP contribution in [0.1, 0.15) is 41.0 Å². The van der Waals surface area contributed by atoms with E-state index >= 15 is 0 Å². The van der Waals surface area contributed by atoms with Gasteiger partial charge in [-0.25, -0.2) is 0 Å². The van der Waals surface area contributed by atoms with Gasteiger partial charge in [0.25, 0.3) is 5.91 Å². The quantitative estimate of drug-likeness (QED) is 0.895. The molecule has 1 atom stereocenters. The number of aryl methyl sites for hydroxylation is 2. The molecule has 0 saturated heterocycles. The molecule has 2 aromatic heterocycles. The number of hydrogen-bond acceptors (Lipinski definition) is 3. The molecule has 2 aromatic rings. The van der Waals surface area contributed by atoms with Crippen LogP contribution in [-0.2, 0) is 6.42 Å². The number of hydrogen-bond donors (Lipinski definition) is 1. The number of nitrogens with zero attached hydrogens (tertiary/aromatic N) is 2. The molecule has 4 nitrogen and oxygen atoms in total. The van der Waals surface area contributed by atoms with Gasteiger partial charge in [0.1, 0.15) is 0 Å². The smallest absolute Gasteiger partial charge is 0.253 e. The van der Waals surface area contributed by atoms with Gasteiger partial charge in [0, 0.05) is 18.6 Å². The summed E-state index contributed by atoms with van der Waals surface area (Å²) in [4.78, 5) is 20.5. The molecule has 1 unspecified atom stereocenters. The molecule has 0 spiro atoms. The average Bonchev–Trinajstić information content (AvgIpc) is 2.81. The van der Waals surface area contributed by atoms with Crippen LogP contribution in [0, 0.1) is 6.92 Å². The molecule has 1 N–H and O–H groups in total. The summed E-state index contributed by atoms with van der Waals surface area (Å²) in [6.07, 6.45) is 5.11.